The van der Waals surface area contributed by atoms with Crippen LogP contribution in [-0.4, -0.2) is 61.5 Å². The van der Waals surface area contributed by atoms with Gasteiger partial charge in [0.1, 0.15) is 30.7 Å². The van der Waals surface area contributed by atoms with Gasteiger partial charge in [0.2, 0.25) is 0 Å². The van der Waals surface area contributed by atoms with E-state index in [2.05, 4.69) is 15.0 Å². The van der Waals surface area contributed by atoms with Crippen LogP contribution in [0.3, 0.4) is 0 Å². The second-order valence-electron chi connectivity index (χ2n) is 7.84. The Hall–Kier alpha value is -4.35. The lowest BCUT2D eigenvalue weighted by atomic mass is 10.1. The van der Waals surface area contributed by atoms with Gasteiger partial charge < -0.3 is 25.1 Å². The van der Waals surface area contributed by atoms with Crippen LogP contribution in [0.4, 0.5) is 5.82 Å². The summed E-state index contributed by atoms with van der Waals surface area (Å²) in [7, 11) is 0. The number of nitrogens with two attached hydrogens (primary N) is 1. The van der Waals surface area contributed by atoms with Gasteiger partial charge in [0.25, 0.3) is 0 Å². The van der Waals surface area contributed by atoms with Gasteiger partial charge >= 0.3 is 11.9 Å². The summed E-state index contributed by atoms with van der Waals surface area (Å²) in [4.78, 5) is 37.5. The van der Waals surface area contributed by atoms with Gasteiger partial charge in [-0.15, -0.1) is 0 Å². The molecule has 35 heavy (non-hydrogen) atoms. The number of aliphatic hydroxyl groups is 1. The van der Waals surface area contributed by atoms with Gasteiger partial charge in [-0.2, -0.15) is 0 Å². The molecule has 1 aliphatic rings. The summed E-state index contributed by atoms with van der Waals surface area (Å²) in [5.74, 6) is -1.06. The molecule has 2 aromatic carbocycles. The molecule has 4 aromatic rings. The Morgan fingerprint density at radius 2 is 1.63 bits per heavy atom. The predicted molar refractivity (Wildman–Crippen MR) is 122 cm³/mol. The Kier molecular flexibility index (Phi) is 6.08. The molecule has 5 rings (SSSR count). The van der Waals surface area contributed by atoms with Crippen LogP contribution in [0.1, 0.15) is 26.9 Å². The number of ether oxygens (including phenoxy) is 3. The molecule has 11 heteroatoms. The predicted octanol–water partition coefficient (Wildman–Crippen LogP) is 1.75. The lowest BCUT2D eigenvalue weighted by molar-refractivity contribution is -0.0585. The van der Waals surface area contributed by atoms with Gasteiger partial charge in [-0.05, 0) is 24.3 Å². The number of esters is 2. The summed E-state index contributed by atoms with van der Waals surface area (Å²) in [6, 6.07) is 16.8. The van der Waals surface area contributed by atoms with E-state index >= 15 is 0 Å². The number of hydrogen-bond donors (Lipinski definition) is 2. The number of rotatable bonds is 6. The second-order valence-corrected chi connectivity index (χ2v) is 7.84. The van der Waals surface area contributed by atoms with E-state index < -0.39 is 36.5 Å². The molecule has 0 unspecified atom stereocenters. The average molecular weight is 475 g/mol. The highest BCUT2D eigenvalue weighted by Gasteiger charge is 2.48. The average Bonchev–Trinajstić information content (AvgIpc) is 3.45. The minimum atomic E-state index is -1.32. The van der Waals surface area contributed by atoms with Gasteiger partial charge in [-0.3, -0.25) is 4.57 Å². The number of carbonyl (C=O) groups excluding carboxylic acids is 2. The van der Waals surface area contributed by atoms with Crippen LogP contribution in [0.15, 0.2) is 73.3 Å². The minimum Gasteiger partial charge on any atom is -0.459 e. The van der Waals surface area contributed by atoms with Crippen LogP contribution in [-0.2, 0) is 14.2 Å². The number of aromatic nitrogens is 4. The third kappa shape index (κ3) is 4.42. The normalized spacial score (nSPS) is 21.6. The molecular formula is C24H21N5O6. The fourth-order valence-electron chi connectivity index (χ4n) is 3.87. The van der Waals surface area contributed by atoms with E-state index in [1.165, 1.54) is 17.2 Å². The molecule has 1 saturated heterocycles. The molecule has 0 saturated carbocycles. The number of nitrogens with zero attached hydrogens (tertiary/aromatic N) is 4. The van der Waals surface area contributed by atoms with Crippen LogP contribution in [0.2, 0.25) is 0 Å². The number of fused-ring (bicyclic) bond motifs is 1. The van der Waals surface area contributed by atoms with E-state index in [0.29, 0.717) is 22.3 Å². The van der Waals surface area contributed by atoms with Crippen molar-refractivity contribution in [3.05, 3.63) is 84.4 Å². The van der Waals surface area contributed by atoms with E-state index in [9.17, 15) is 14.7 Å². The van der Waals surface area contributed by atoms with Crippen LogP contribution in [0, 0.1) is 0 Å². The molecule has 11 nitrogen and oxygen atoms in total. The Morgan fingerprint density at radius 1 is 0.971 bits per heavy atom. The molecule has 3 heterocycles. The lowest BCUT2D eigenvalue weighted by Crippen LogP contribution is -2.38. The maximum absolute atomic E-state index is 12.7. The highest BCUT2D eigenvalue weighted by molar-refractivity contribution is 5.90. The zero-order valence-corrected chi connectivity index (χ0v) is 18.3. The van der Waals surface area contributed by atoms with E-state index in [1.54, 1.807) is 60.7 Å². The van der Waals surface area contributed by atoms with Crippen LogP contribution in [0.25, 0.3) is 11.2 Å². The number of imidazole rings is 1. The fraction of sp³-hybridized carbons (Fsp3) is 0.208. The van der Waals surface area contributed by atoms with Crippen molar-refractivity contribution in [3.63, 3.8) is 0 Å². The molecule has 3 N–H and O–H groups in total. The quantitative estimate of drug-likeness (QED) is 0.395. The number of nitrogen functional groups attached to an aromatic ring is 1. The molecule has 1 fully saturated rings. The van der Waals surface area contributed by atoms with Crippen LogP contribution in [0.5, 0.6) is 0 Å². The monoisotopic (exact) mass is 475 g/mol. The summed E-state index contributed by atoms with van der Waals surface area (Å²) >= 11 is 0. The molecule has 0 amide bonds. The SMILES string of the molecule is Nc1ncnc2c1ncn2[C@@H]1O[C@H](COC(=O)c2ccccc2)[C@H](OC(=O)c2ccccc2)[C@H]1O. The van der Waals surface area contributed by atoms with E-state index in [4.69, 9.17) is 19.9 Å². The number of benzene rings is 2. The number of anilines is 1. The molecule has 0 spiro atoms. The first-order chi connectivity index (χ1) is 17.0. The standard InChI is InChI=1S/C24H21N5O6/c25-20-17-21(27-12-26-20)29(13-28-17)22-18(30)19(35-24(32)15-9-5-2-6-10-15)16(34-22)11-33-23(31)14-7-3-1-4-8-14/h1-10,12-13,16,18-19,22,30H,11H2,(H2,25,26,27)/t16-,18-,19+,22-/m1/s1. The molecule has 4 atom stereocenters. The van der Waals surface area contributed by atoms with Crippen LogP contribution < -0.4 is 5.73 Å². The van der Waals surface area contributed by atoms with E-state index in [0.717, 1.165) is 0 Å². The molecular weight excluding hydrogens is 454 g/mol. The third-order valence-electron chi connectivity index (χ3n) is 5.61. The largest absolute Gasteiger partial charge is 0.459 e. The third-order valence-corrected chi connectivity index (χ3v) is 5.61. The first-order valence-corrected chi connectivity index (χ1v) is 10.8. The summed E-state index contributed by atoms with van der Waals surface area (Å²) in [5, 5.41) is 11.1. The van der Waals surface area contributed by atoms with Crippen LogP contribution >= 0.6 is 0 Å². The highest BCUT2D eigenvalue weighted by atomic mass is 16.6. The molecule has 0 radical (unpaired) electrons. The zero-order chi connectivity index (χ0) is 24.4. The van der Waals surface area contributed by atoms with Gasteiger partial charge in [-0.25, -0.2) is 24.5 Å². The highest BCUT2D eigenvalue weighted by Crippen LogP contribution is 2.34. The Labute approximate surface area is 199 Å². The second kappa shape index (κ2) is 9.49. The Balaban J connectivity index is 1.40. The van der Waals surface area contributed by atoms with Crippen molar-refractivity contribution in [2.45, 2.75) is 24.5 Å². The van der Waals surface area contributed by atoms with Crippen molar-refractivity contribution in [2.24, 2.45) is 0 Å². The Morgan fingerprint density at radius 3 is 2.31 bits per heavy atom. The zero-order valence-electron chi connectivity index (χ0n) is 18.3. The summed E-state index contributed by atoms with van der Waals surface area (Å²) < 4.78 is 18.5. The molecule has 0 aliphatic carbocycles. The molecule has 178 valence electrons. The summed E-state index contributed by atoms with van der Waals surface area (Å²) in [5.41, 5.74) is 7.19. The van der Waals surface area contributed by atoms with Crippen molar-refractivity contribution >= 4 is 28.9 Å². The van der Waals surface area contributed by atoms with Crippen molar-refractivity contribution in [1.82, 2.24) is 19.5 Å². The molecule has 2 aromatic heterocycles. The smallest absolute Gasteiger partial charge is 0.338 e. The molecule has 1 aliphatic heterocycles. The first-order valence-electron chi connectivity index (χ1n) is 10.8. The minimum absolute atomic E-state index is 0.168. The topological polar surface area (TPSA) is 152 Å². The first kappa shape index (κ1) is 22.4. The lowest BCUT2D eigenvalue weighted by Gasteiger charge is -2.20. The Bertz CT molecular complexity index is 1350. The van der Waals surface area contributed by atoms with Gasteiger partial charge in [-0.1, -0.05) is 36.4 Å². The van der Waals surface area contributed by atoms with Crippen molar-refractivity contribution < 1.29 is 28.9 Å². The number of hydrogen-bond acceptors (Lipinski definition) is 10. The fourth-order valence-corrected chi connectivity index (χ4v) is 3.87. The van der Waals surface area contributed by atoms with Crippen molar-refractivity contribution in [1.29, 1.82) is 0 Å². The number of aliphatic hydroxyl groups excluding tert-OH is 1. The number of carbonyl (C=O) groups is 2. The maximum atomic E-state index is 12.7. The van der Waals surface area contributed by atoms with Gasteiger partial charge in [0.05, 0.1) is 17.5 Å². The summed E-state index contributed by atoms with van der Waals surface area (Å²) in [6.07, 6.45) is -1.80. The maximum Gasteiger partial charge on any atom is 0.338 e. The van der Waals surface area contributed by atoms with E-state index in [1.807, 2.05) is 0 Å². The van der Waals surface area contributed by atoms with Crippen molar-refractivity contribution in [2.75, 3.05) is 12.3 Å². The van der Waals surface area contributed by atoms with E-state index in [-0.39, 0.29) is 12.4 Å². The molecule has 0 bridgehead atoms. The summed E-state index contributed by atoms with van der Waals surface area (Å²) in [6.45, 7) is -0.266. The van der Waals surface area contributed by atoms with Crippen molar-refractivity contribution in [3.8, 4) is 0 Å². The van der Waals surface area contributed by atoms with Gasteiger partial charge in [0, 0.05) is 0 Å². The van der Waals surface area contributed by atoms with Gasteiger partial charge in [0.15, 0.2) is 23.8 Å².